The van der Waals surface area contributed by atoms with E-state index in [1.165, 1.54) is 25.7 Å². The van der Waals surface area contributed by atoms with Crippen LogP contribution in [0.25, 0.3) is 16.9 Å². The number of benzene rings is 1. The van der Waals surface area contributed by atoms with Crippen molar-refractivity contribution < 1.29 is 0 Å². The van der Waals surface area contributed by atoms with Crippen LogP contribution in [0.15, 0.2) is 30.5 Å². The lowest BCUT2D eigenvalue weighted by molar-refractivity contribution is 0.615. The van der Waals surface area contributed by atoms with Gasteiger partial charge in [-0.15, -0.1) is 0 Å². The zero-order chi connectivity index (χ0) is 17.2. The molecule has 0 aliphatic heterocycles. The summed E-state index contributed by atoms with van der Waals surface area (Å²) in [5.74, 6) is 0.908. The van der Waals surface area contributed by atoms with Crippen LogP contribution in [0.1, 0.15) is 44.1 Å². The molecule has 1 aliphatic rings. The number of aromatic amines is 1. The average Bonchev–Trinajstić information content (AvgIpc) is 3.06. The Bertz CT molecular complexity index is 925. The van der Waals surface area contributed by atoms with Crippen molar-refractivity contribution in [3.8, 4) is 17.3 Å². The molecule has 4 rings (SSSR count). The topological polar surface area (TPSA) is 68.9 Å². The van der Waals surface area contributed by atoms with E-state index < -0.39 is 0 Å². The fourth-order valence-corrected chi connectivity index (χ4v) is 3.78. The molecule has 3 aromatic rings. The molecule has 2 aromatic heterocycles. The van der Waals surface area contributed by atoms with Gasteiger partial charge in [-0.1, -0.05) is 49.4 Å². The van der Waals surface area contributed by atoms with Gasteiger partial charge in [0.15, 0.2) is 11.5 Å². The first kappa shape index (κ1) is 16.0. The Kier molecular flexibility index (Phi) is 4.37. The molecule has 0 amide bonds. The molecule has 2 heterocycles. The zero-order valence-corrected chi connectivity index (χ0v) is 14.7. The third kappa shape index (κ3) is 3.10. The highest BCUT2D eigenvalue weighted by atomic mass is 35.5. The number of nitrogens with one attached hydrogen (secondary N) is 2. The predicted molar refractivity (Wildman–Crippen MR) is 99.8 cm³/mol. The number of anilines is 1. The second-order valence-corrected chi connectivity index (χ2v) is 7.05. The molecular formula is C19H20ClN5. The maximum absolute atomic E-state index is 9.33. The van der Waals surface area contributed by atoms with Gasteiger partial charge in [-0.2, -0.15) is 5.26 Å². The van der Waals surface area contributed by atoms with Crippen LogP contribution in [0, 0.1) is 11.3 Å². The Morgan fingerprint density at radius 3 is 2.76 bits per heavy atom. The molecule has 25 heavy (non-hydrogen) atoms. The van der Waals surface area contributed by atoms with Crippen molar-refractivity contribution >= 4 is 23.1 Å². The number of aromatic nitrogens is 3. The molecular weight excluding hydrogens is 334 g/mol. The van der Waals surface area contributed by atoms with E-state index in [9.17, 15) is 5.26 Å². The number of H-pyrrole nitrogens is 1. The lowest BCUT2D eigenvalue weighted by Crippen LogP contribution is -2.20. The van der Waals surface area contributed by atoms with Crippen molar-refractivity contribution in [2.45, 2.75) is 44.6 Å². The molecule has 1 aliphatic carbocycles. The van der Waals surface area contributed by atoms with Crippen LogP contribution in [0.4, 0.5) is 5.82 Å². The van der Waals surface area contributed by atoms with E-state index >= 15 is 0 Å². The maximum Gasteiger partial charge on any atom is 0.173 e. The van der Waals surface area contributed by atoms with Crippen LogP contribution >= 0.6 is 11.6 Å². The minimum absolute atomic E-state index is 0.425. The summed E-state index contributed by atoms with van der Waals surface area (Å²) in [4.78, 5) is 4.73. The van der Waals surface area contributed by atoms with Gasteiger partial charge in [0.1, 0.15) is 17.3 Å². The smallest absolute Gasteiger partial charge is 0.173 e. The molecule has 0 unspecified atom stereocenters. The molecule has 1 aromatic carbocycles. The van der Waals surface area contributed by atoms with E-state index in [4.69, 9.17) is 16.6 Å². The predicted octanol–water partition coefficient (Wildman–Crippen LogP) is 4.99. The highest BCUT2D eigenvalue weighted by Gasteiger charge is 2.21. The SMILES string of the molecule is N#Cc1c[nH]n2c(NC3CCCCCC3)c(-c3cccc(Cl)c3)nc12. The first-order valence-electron chi connectivity index (χ1n) is 8.78. The standard InChI is InChI=1S/C19H20ClN5/c20-15-7-5-6-13(10-15)17-19(23-16-8-3-1-2-4-9-16)25-18(24-17)14(11-21)12-22-25/h5-7,10,12,16,22-23H,1-4,8-9H2. The molecule has 0 spiro atoms. The highest BCUT2D eigenvalue weighted by molar-refractivity contribution is 6.30. The molecule has 0 atom stereocenters. The normalized spacial score (nSPS) is 15.8. The van der Waals surface area contributed by atoms with E-state index in [1.807, 2.05) is 28.8 Å². The fraction of sp³-hybridized carbons (Fsp3) is 0.368. The minimum atomic E-state index is 0.425. The fourth-order valence-electron chi connectivity index (χ4n) is 3.59. The van der Waals surface area contributed by atoms with Gasteiger partial charge in [0.25, 0.3) is 0 Å². The molecule has 1 saturated carbocycles. The summed E-state index contributed by atoms with van der Waals surface area (Å²) < 4.78 is 1.87. The first-order chi connectivity index (χ1) is 12.3. The Morgan fingerprint density at radius 2 is 2.04 bits per heavy atom. The number of imidazole rings is 1. The number of fused-ring (bicyclic) bond motifs is 1. The van der Waals surface area contributed by atoms with Gasteiger partial charge < -0.3 is 5.32 Å². The number of nitriles is 1. The number of nitrogens with zero attached hydrogens (tertiary/aromatic N) is 3. The van der Waals surface area contributed by atoms with Gasteiger partial charge in [-0.3, -0.25) is 5.10 Å². The number of rotatable bonds is 3. The average molecular weight is 354 g/mol. The second kappa shape index (κ2) is 6.81. The lowest BCUT2D eigenvalue weighted by Gasteiger charge is -2.18. The maximum atomic E-state index is 9.33. The molecule has 0 saturated heterocycles. The minimum Gasteiger partial charge on any atom is -0.365 e. The Balaban J connectivity index is 1.80. The van der Waals surface area contributed by atoms with Crippen LogP contribution < -0.4 is 5.32 Å². The highest BCUT2D eigenvalue weighted by Crippen LogP contribution is 2.32. The summed E-state index contributed by atoms with van der Waals surface area (Å²) in [5, 5.41) is 16.8. The third-order valence-corrected chi connectivity index (χ3v) is 5.11. The monoisotopic (exact) mass is 353 g/mol. The van der Waals surface area contributed by atoms with Crippen molar-refractivity contribution in [2.75, 3.05) is 5.32 Å². The zero-order valence-electron chi connectivity index (χ0n) is 13.9. The Hall–Kier alpha value is -2.45. The van der Waals surface area contributed by atoms with E-state index in [0.717, 1.165) is 29.9 Å². The van der Waals surface area contributed by atoms with Gasteiger partial charge in [-0.25, -0.2) is 9.50 Å². The number of hydrogen-bond donors (Lipinski definition) is 2. The Morgan fingerprint density at radius 1 is 1.24 bits per heavy atom. The van der Waals surface area contributed by atoms with E-state index in [-0.39, 0.29) is 0 Å². The lowest BCUT2D eigenvalue weighted by atomic mass is 10.1. The first-order valence-corrected chi connectivity index (χ1v) is 9.16. The summed E-state index contributed by atoms with van der Waals surface area (Å²) in [6.07, 6.45) is 9.13. The molecule has 0 bridgehead atoms. The quantitative estimate of drug-likeness (QED) is 0.652. The molecule has 1 fully saturated rings. The number of hydrogen-bond acceptors (Lipinski definition) is 3. The molecule has 0 radical (unpaired) electrons. The van der Waals surface area contributed by atoms with Gasteiger partial charge >= 0.3 is 0 Å². The molecule has 2 N–H and O–H groups in total. The van der Waals surface area contributed by atoms with Crippen molar-refractivity contribution in [2.24, 2.45) is 0 Å². The molecule has 6 heteroatoms. The van der Waals surface area contributed by atoms with E-state index in [1.54, 1.807) is 6.20 Å². The summed E-state index contributed by atoms with van der Waals surface area (Å²) in [6.45, 7) is 0. The molecule has 128 valence electrons. The van der Waals surface area contributed by atoms with E-state index in [2.05, 4.69) is 16.5 Å². The second-order valence-electron chi connectivity index (χ2n) is 6.61. The molecule has 5 nitrogen and oxygen atoms in total. The van der Waals surface area contributed by atoms with E-state index in [0.29, 0.717) is 22.3 Å². The van der Waals surface area contributed by atoms with Crippen molar-refractivity contribution in [1.82, 2.24) is 14.6 Å². The van der Waals surface area contributed by atoms with Crippen LogP contribution in [-0.2, 0) is 0 Å². The largest absolute Gasteiger partial charge is 0.365 e. The summed E-state index contributed by atoms with van der Waals surface area (Å²) >= 11 is 6.18. The van der Waals surface area contributed by atoms with Gasteiger partial charge in [0.05, 0.1) is 0 Å². The van der Waals surface area contributed by atoms with Crippen LogP contribution in [-0.4, -0.2) is 20.6 Å². The van der Waals surface area contributed by atoms with Gasteiger partial charge in [0.2, 0.25) is 0 Å². The van der Waals surface area contributed by atoms with Crippen molar-refractivity contribution in [3.63, 3.8) is 0 Å². The summed E-state index contributed by atoms with van der Waals surface area (Å²) in [6, 6.07) is 10.3. The van der Waals surface area contributed by atoms with Crippen LogP contribution in [0.5, 0.6) is 0 Å². The van der Waals surface area contributed by atoms with Crippen molar-refractivity contribution in [3.05, 3.63) is 41.0 Å². The van der Waals surface area contributed by atoms with Gasteiger partial charge in [-0.05, 0) is 25.0 Å². The third-order valence-electron chi connectivity index (χ3n) is 4.87. The summed E-state index contributed by atoms with van der Waals surface area (Å²) in [5.41, 5.74) is 2.96. The van der Waals surface area contributed by atoms with Crippen LogP contribution in [0.3, 0.4) is 0 Å². The Labute approximate surface area is 151 Å². The number of halogens is 1. The van der Waals surface area contributed by atoms with Crippen LogP contribution in [0.2, 0.25) is 5.02 Å². The van der Waals surface area contributed by atoms with Crippen molar-refractivity contribution in [1.29, 1.82) is 5.26 Å². The van der Waals surface area contributed by atoms with Gasteiger partial charge in [0, 0.05) is 22.8 Å². The summed E-state index contributed by atoms with van der Waals surface area (Å²) in [7, 11) is 0.